The van der Waals surface area contributed by atoms with Crippen molar-refractivity contribution in [3.8, 4) is 0 Å². The molecule has 0 atom stereocenters. The second-order valence-corrected chi connectivity index (χ2v) is 5.18. The number of hydrogen-bond donors (Lipinski definition) is 0. The van der Waals surface area contributed by atoms with Crippen LogP contribution in [0.15, 0.2) is 30.3 Å². The second kappa shape index (κ2) is 6.39. The van der Waals surface area contributed by atoms with Crippen LogP contribution in [-0.4, -0.2) is 6.29 Å². The van der Waals surface area contributed by atoms with Crippen molar-refractivity contribution in [2.45, 2.75) is 40.0 Å². The van der Waals surface area contributed by atoms with Crippen molar-refractivity contribution >= 4 is 11.9 Å². The van der Waals surface area contributed by atoms with Gasteiger partial charge < -0.3 is 0 Å². The summed E-state index contributed by atoms with van der Waals surface area (Å²) < 4.78 is 0. The van der Waals surface area contributed by atoms with Gasteiger partial charge in [-0.05, 0) is 29.4 Å². The quantitative estimate of drug-likeness (QED) is 0.540. The van der Waals surface area contributed by atoms with Crippen LogP contribution in [0.4, 0.5) is 0 Å². The summed E-state index contributed by atoms with van der Waals surface area (Å²) in [4.78, 5) is 11.1. The number of benzene rings is 1. The molecule has 0 saturated carbocycles. The molecule has 0 bridgehead atoms. The van der Waals surface area contributed by atoms with Crippen molar-refractivity contribution in [2.24, 2.45) is 5.92 Å². The Hall–Kier alpha value is -1.37. The predicted molar refractivity (Wildman–Crippen MR) is 74.0 cm³/mol. The molecule has 1 nitrogen and oxygen atoms in total. The Labute approximate surface area is 105 Å². The Morgan fingerprint density at radius 1 is 1.12 bits per heavy atom. The summed E-state index contributed by atoms with van der Waals surface area (Å²) in [7, 11) is 0. The van der Waals surface area contributed by atoms with Gasteiger partial charge in [0.1, 0.15) is 6.29 Å². The fourth-order valence-corrected chi connectivity index (χ4v) is 1.66. The molecular weight excluding hydrogens is 208 g/mol. The van der Waals surface area contributed by atoms with Gasteiger partial charge in [-0.1, -0.05) is 58.0 Å². The lowest BCUT2D eigenvalue weighted by Gasteiger charge is -2.07. The van der Waals surface area contributed by atoms with E-state index in [1.807, 2.05) is 18.2 Å². The van der Waals surface area contributed by atoms with Gasteiger partial charge in [-0.2, -0.15) is 0 Å². The summed E-state index contributed by atoms with van der Waals surface area (Å²) in [5, 5.41) is 0. The van der Waals surface area contributed by atoms with E-state index in [1.165, 1.54) is 5.56 Å². The molecule has 0 saturated heterocycles. The lowest BCUT2D eigenvalue weighted by Crippen LogP contribution is -1.91. The Morgan fingerprint density at radius 2 is 1.71 bits per heavy atom. The molecule has 17 heavy (non-hydrogen) atoms. The van der Waals surface area contributed by atoms with Gasteiger partial charge in [0.25, 0.3) is 0 Å². The zero-order valence-electron chi connectivity index (χ0n) is 11.2. The van der Waals surface area contributed by atoms with Crippen LogP contribution in [0, 0.1) is 5.92 Å². The van der Waals surface area contributed by atoms with Gasteiger partial charge >= 0.3 is 0 Å². The van der Waals surface area contributed by atoms with E-state index in [0.29, 0.717) is 11.8 Å². The zero-order valence-corrected chi connectivity index (χ0v) is 11.2. The summed E-state index contributed by atoms with van der Waals surface area (Å²) in [6, 6.07) is 8.28. The molecule has 0 aliphatic carbocycles. The monoisotopic (exact) mass is 230 g/mol. The van der Waals surface area contributed by atoms with Crippen LogP contribution in [-0.2, 0) is 4.79 Å². The number of hydrogen-bond acceptors (Lipinski definition) is 1. The summed E-state index contributed by atoms with van der Waals surface area (Å²) in [6.07, 6.45) is 3.93. The molecule has 92 valence electrons. The Bertz CT molecular complexity index is 382. The molecule has 0 aliphatic heterocycles. The minimum atomic E-state index is 0.531. The highest BCUT2D eigenvalue weighted by atomic mass is 16.1. The molecule has 1 aromatic rings. The molecule has 0 amide bonds. The van der Waals surface area contributed by atoms with E-state index in [0.717, 1.165) is 23.8 Å². The summed E-state index contributed by atoms with van der Waals surface area (Å²) in [5.74, 6) is 1.11. The van der Waals surface area contributed by atoms with Crippen LogP contribution in [0.3, 0.4) is 0 Å². The van der Waals surface area contributed by atoms with Crippen LogP contribution in [0.5, 0.6) is 0 Å². The highest BCUT2D eigenvalue weighted by molar-refractivity contribution is 6.06. The lowest BCUT2D eigenvalue weighted by molar-refractivity contribution is -0.103. The van der Waals surface area contributed by atoms with Gasteiger partial charge in [0.05, 0.1) is 0 Å². The van der Waals surface area contributed by atoms with E-state index in [1.54, 1.807) is 0 Å². The minimum absolute atomic E-state index is 0.531. The van der Waals surface area contributed by atoms with Gasteiger partial charge in [0.15, 0.2) is 0 Å². The van der Waals surface area contributed by atoms with E-state index in [2.05, 4.69) is 39.8 Å². The number of carbonyl (C=O) groups excluding carboxylic acids is 1. The van der Waals surface area contributed by atoms with E-state index in [9.17, 15) is 4.79 Å². The van der Waals surface area contributed by atoms with Gasteiger partial charge in [0.2, 0.25) is 0 Å². The van der Waals surface area contributed by atoms with Gasteiger partial charge in [0, 0.05) is 5.57 Å². The third-order valence-corrected chi connectivity index (χ3v) is 2.85. The van der Waals surface area contributed by atoms with E-state index >= 15 is 0 Å². The van der Waals surface area contributed by atoms with E-state index < -0.39 is 0 Å². The molecule has 0 unspecified atom stereocenters. The zero-order chi connectivity index (χ0) is 12.8. The number of carbonyl (C=O) groups is 1. The van der Waals surface area contributed by atoms with Crippen LogP contribution in [0.2, 0.25) is 0 Å². The van der Waals surface area contributed by atoms with Crippen molar-refractivity contribution < 1.29 is 4.79 Å². The molecule has 0 fully saturated rings. The maximum absolute atomic E-state index is 11.1. The van der Waals surface area contributed by atoms with Crippen LogP contribution >= 0.6 is 0 Å². The molecule has 0 aromatic heterocycles. The summed E-state index contributed by atoms with van der Waals surface area (Å²) in [6.45, 7) is 8.65. The number of rotatable bonds is 5. The Morgan fingerprint density at radius 3 is 2.12 bits per heavy atom. The molecular formula is C16H22O. The standard InChI is InChI=1S/C16H22O/c1-12(2)5-6-16(11-17)15-9-7-14(8-10-15)13(3)4/h6-13H,5H2,1-4H3. The largest absolute Gasteiger partial charge is 0.298 e. The number of aldehydes is 1. The average Bonchev–Trinajstić information content (AvgIpc) is 2.30. The van der Waals surface area contributed by atoms with Gasteiger partial charge in [-0.15, -0.1) is 0 Å². The maximum Gasteiger partial charge on any atom is 0.150 e. The minimum Gasteiger partial charge on any atom is -0.298 e. The van der Waals surface area contributed by atoms with E-state index in [4.69, 9.17) is 0 Å². The molecule has 0 radical (unpaired) electrons. The maximum atomic E-state index is 11.1. The SMILES string of the molecule is CC(C)CC=C(C=O)c1ccc(C(C)C)cc1. The molecule has 0 heterocycles. The first kappa shape index (κ1) is 13.7. The highest BCUT2D eigenvalue weighted by Gasteiger charge is 2.03. The molecule has 0 aliphatic rings. The summed E-state index contributed by atoms with van der Waals surface area (Å²) in [5.41, 5.74) is 3.13. The fraction of sp³-hybridized carbons (Fsp3) is 0.438. The van der Waals surface area contributed by atoms with Crippen molar-refractivity contribution in [1.82, 2.24) is 0 Å². The first-order chi connectivity index (χ1) is 8.04. The Kier molecular flexibility index (Phi) is 5.14. The first-order valence-corrected chi connectivity index (χ1v) is 6.30. The summed E-state index contributed by atoms with van der Waals surface area (Å²) >= 11 is 0. The molecule has 0 spiro atoms. The lowest BCUT2D eigenvalue weighted by atomic mass is 9.98. The van der Waals surface area contributed by atoms with Crippen molar-refractivity contribution in [1.29, 1.82) is 0 Å². The van der Waals surface area contributed by atoms with Crippen molar-refractivity contribution in [2.75, 3.05) is 0 Å². The van der Waals surface area contributed by atoms with Crippen molar-refractivity contribution in [3.63, 3.8) is 0 Å². The topological polar surface area (TPSA) is 17.1 Å². The van der Waals surface area contributed by atoms with Crippen molar-refractivity contribution in [3.05, 3.63) is 41.5 Å². The molecule has 1 heteroatoms. The Balaban J connectivity index is 2.89. The van der Waals surface area contributed by atoms with Gasteiger partial charge in [-0.3, -0.25) is 4.79 Å². The fourth-order valence-electron chi connectivity index (χ4n) is 1.66. The first-order valence-electron chi connectivity index (χ1n) is 6.30. The molecule has 0 N–H and O–H groups in total. The van der Waals surface area contributed by atoms with Gasteiger partial charge in [-0.25, -0.2) is 0 Å². The third kappa shape index (κ3) is 4.18. The van der Waals surface area contributed by atoms with E-state index in [-0.39, 0.29) is 0 Å². The van der Waals surface area contributed by atoms with Crippen LogP contribution in [0.25, 0.3) is 5.57 Å². The normalized spacial score (nSPS) is 12.2. The average molecular weight is 230 g/mol. The third-order valence-electron chi connectivity index (χ3n) is 2.85. The number of allylic oxidation sites excluding steroid dienone is 2. The smallest absolute Gasteiger partial charge is 0.150 e. The van der Waals surface area contributed by atoms with Crippen LogP contribution in [0.1, 0.15) is 51.2 Å². The molecule has 1 rings (SSSR count). The second-order valence-electron chi connectivity index (χ2n) is 5.18. The highest BCUT2D eigenvalue weighted by Crippen LogP contribution is 2.19. The molecule has 1 aromatic carbocycles. The van der Waals surface area contributed by atoms with Crippen LogP contribution < -0.4 is 0 Å². The predicted octanol–water partition coefficient (Wildman–Crippen LogP) is 4.44.